The lowest BCUT2D eigenvalue weighted by Crippen LogP contribution is -1.91. The van der Waals surface area contributed by atoms with Gasteiger partial charge in [0.25, 0.3) is 0 Å². The summed E-state index contributed by atoms with van der Waals surface area (Å²) in [6.45, 7) is 0. The van der Waals surface area contributed by atoms with Gasteiger partial charge in [-0.25, -0.2) is 4.52 Å². The molecule has 0 bridgehead atoms. The van der Waals surface area contributed by atoms with Crippen LogP contribution in [0.25, 0.3) is 5.65 Å². The second-order valence-electron chi connectivity index (χ2n) is 2.30. The van der Waals surface area contributed by atoms with Crippen LogP contribution in [-0.2, 0) is 0 Å². The van der Waals surface area contributed by atoms with E-state index in [0.29, 0.717) is 5.95 Å². The molecule has 0 fully saturated rings. The van der Waals surface area contributed by atoms with Gasteiger partial charge in [0, 0.05) is 7.05 Å². The first kappa shape index (κ1) is 7.54. The Labute approximate surface area is 77.7 Å². The molecule has 0 aliphatic heterocycles. The number of hydrogen-bond acceptors (Lipinski definition) is 3. The van der Waals surface area contributed by atoms with Crippen LogP contribution in [0.15, 0.2) is 22.8 Å². The highest BCUT2D eigenvalue weighted by molar-refractivity contribution is 9.10. The SMILES string of the molecule is CNc1nc2cccc(Br)n2n1. The van der Waals surface area contributed by atoms with Crippen molar-refractivity contribution >= 4 is 27.5 Å². The van der Waals surface area contributed by atoms with Crippen molar-refractivity contribution < 1.29 is 0 Å². The van der Waals surface area contributed by atoms with Gasteiger partial charge in [-0.2, -0.15) is 4.98 Å². The first-order chi connectivity index (χ1) is 5.81. The van der Waals surface area contributed by atoms with Crippen molar-refractivity contribution in [1.29, 1.82) is 0 Å². The molecule has 5 heteroatoms. The molecule has 2 rings (SSSR count). The van der Waals surface area contributed by atoms with E-state index >= 15 is 0 Å². The molecule has 12 heavy (non-hydrogen) atoms. The fourth-order valence-corrected chi connectivity index (χ4v) is 1.39. The van der Waals surface area contributed by atoms with Gasteiger partial charge in [-0.15, -0.1) is 5.10 Å². The summed E-state index contributed by atoms with van der Waals surface area (Å²) in [5.74, 6) is 0.627. The zero-order valence-corrected chi connectivity index (χ0v) is 8.04. The molecule has 2 heterocycles. The Balaban J connectivity index is 2.74. The lowest BCUT2D eigenvalue weighted by Gasteiger charge is -1.91. The normalized spacial score (nSPS) is 10.5. The first-order valence-corrected chi connectivity index (χ1v) is 4.29. The van der Waals surface area contributed by atoms with Crippen LogP contribution in [-0.4, -0.2) is 21.6 Å². The van der Waals surface area contributed by atoms with E-state index in [9.17, 15) is 0 Å². The molecule has 0 aliphatic rings. The van der Waals surface area contributed by atoms with Crippen molar-refractivity contribution in [3.63, 3.8) is 0 Å². The second-order valence-corrected chi connectivity index (χ2v) is 3.12. The molecule has 0 unspecified atom stereocenters. The second kappa shape index (κ2) is 2.75. The largest absolute Gasteiger partial charge is 0.356 e. The summed E-state index contributed by atoms with van der Waals surface area (Å²) in [7, 11) is 1.79. The van der Waals surface area contributed by atoms with Crippen LogP contribution in [0.2, 0.25) is 0 Å². The Hall–Kier alpha value is -1.10. The van der Waals surface area contributed by atoms with Gasteiger partial charge < -0.3 is 5.32 Å². The molecule has 0 aromatic carbocycles. The molecule has 0 amide bonds. The Bertz CT molecular complexity index is 409. The molecule has 1 N–H and O–H groups in total. The average Bonchev–Trinajstić information content (AvgIpc) is 2.49. The van der Waals surface area contributed by atoms with Crippen molar-refractivity contribution in [3.8, 4) is 0 Å². The van der Waals surface area contributed by atoms with Crippen LogP contribution >= 0.6 is 15.9 Å². The van der Waals surface area contributed by atoms with E-state index in [-0.39, 0.29) is 0 Å². The number of halogens is 1. The van der Waals surface area contributed by atoms with Crippen molar-refractivity contribution in [2.24, 2.45) is 0 Å². The van der Waals surface area contributed by atoms with Gasteiger partial charge in [0.05, 0.1) is 0 Å². The predicted octanol–water partition coefficient (Wildman–Crippen LogP) is 1.53. The summed E-state index contributed by atoms with van der Waals surface area (Å²) >= 11 is 3.37. The van der Waals surface area contributed by atoms with Crippen molar-refractivity contribution in [1.82, 2.24) is 14.6 Å². The topological polar surface area (TPSA) is 42.2 Å². The van der Waals surface area contributed by atoms with Crippen molar-refractivity contribution in [2.45, 2.75) is 0 Å². The summed E-state index contributed by atoms with van der Waals surface area (Å²) in [4.78, 5) is 4.20. The van der Waals surface area contributed by atoms with Crippen molar-refractivity contribution in [2.75, 3.05) is 12.4 Å². The summed E-state index contributed by atoms with van der Waals surface area (Å²) < 4.78 is 2.63. The number of fused-ring (bicyclic) bond motifs is 1. The maximum atomic E-state index is 4.20. The third-order valence-corrected chi connectivity index (χ3v) is 2.14. The van der Waals surface area contributed by atoms with Gasteiger partial charge >= 0.3 is 0 Å². The molecular weight excluding hydrogens is 220 g/mol. The van der Waals surface area contributed by atoms with Crippen LogP contribution in [0.1, 0.15) is 0 Å². The third kappa shape index (κ3) is 1.06. The minimum absolute atomic E-state index is 0.627. The molecule has 0 saturated heterocycles. The number of rotatable bonds is 1. The highest BCUT2D eigenvalue weighted by atomic mass is 79.9. The number of hydrogen-bond donors (Lipinski definition) is 1. The number of aromatic nitrogens is 3. The van der Waals surface area contributed by atoms with E-state index in [4.69, 9.17) is 0 Å². The Morgan fingerprint density at radius 3 is 3.00 bits per heavy atom. The standard InChI is InChI=1S/C7H7BrN4/c1-9-7-10-6-4-2-3-5(8)12(6)11-7/h2-4H,1H3,(H,9,11). The zero-order valence-electron chi connectivity index (χ0n) is 6.45. The summed E-state index contributed by atoms with van der Waals surface area (Å²) in [5, 5.41) is 7.06. The molecule has 2 aromatic heterocycles. The lowest BCUT2D eigenvalue weighted by atomic mass is 10.5. The Morgan fingerprint density at radius 1 is 1.50 bits per heavy atom. The van der Waals surface area contributed by atoms with E-state index < -0.39 is 0 Å². The van der Waals surface area contributed by atoms with Gasteiger partial charge in [0.15, 0.2) is 5.65 Å². The van der Waals surface area contributed by atoms with E-state index in [1.54, 1.807) is 11.6 Å². The van der Waals surface area contributed by atoms with E-state index in [0.717, 1.165) is 10.3 Å². The highest BCUT2D eigenvalue weighted by Gasteiger charge is 2.02. The van der Waals surface area contributed by atoms with Crippen LogP contribution in [0.3, 0.4) is 0 Å². The van der Waals surface area contributed by atoms with Crippen LogP contribution in [0.5, 0.6) is 0 Å². The number of anilines is 1. The molecule has 4 nitrogen and oxygen atoms in total. The van der Waals surface area contributed by atoms with E-state index in [2.05, 4.69) is 31.3 Å². The highest BCUT2D eigenvalue weighted by Crippen LogP contribution is 2.12. The van der Waals surface area contributed by atoms with Gasteiger partial charge in [0.1, 0.15) is 4.60 Å². The Kier molecular flexibility index (Phi) is 1.73. The fourth-order valence-electron chi connectivity index (χ4n) is 0.979. The molecule has 0 saturated carbocycles. The molecule has 0 aliphatic carbocycles. The average molecular weight is 227 g/mol. The summed E-state index contributed by atoms with van der Waals surface area (Å²) in [6, 6.07) is 5.74. The van der Waals surface area contributed by atoms with Gasteiger partial charge in [-0.1, -0.05) is 6.07 Å². The molecule has 0 spiro atoms. The van der Waals surface area contributed by atoms with E-state index in [1.165, 1.54) is 0 Å². The van der Waals surface area contributed by atoms with Gasteiger partial charge in [-0.05, 0) is 28.1 Å². The zero-order chi connectivity index (χ0) is 8.55. The first-order valence-electron chi connectivity index (χ1n) is 3.50. The molecule has 2 aromatic rings. The van der Waals surface area contributed by atoms with Crippen LogP contribution in [0.4, 0.5) is 5.95 Å². The van der Waals surface area contributed by atoms with Crippen molar-refractivity contribution in [3.05, 3.63) is 22.8 Å². The van der Waals surface area contributed by atoms with E-state index in [1.807, 2.05) is 18.2 Å². The molecule has 62 valence electrons. The fraction of sp³-hybridized carbons (Fsp3) is 0.143. The number of nitrogens with zero attached hydrogens (tertiary/aromatic N) is 3. The van der Waals surface area contributed by atoms with Crippen LogP contribution < -0.4 is 5.32 Å². The molecule has 0 atom stereocenters. The third-order valence-electron chi connectivity index (χ3n) is 1.54. The smallest absolute Gasteiger partial charge is 0.242 e. The molecular formula is C7H7BrN4. The Morgan fingerprint density at radius 2 is 2.33 bits per heavy atom. The quantitative estimate of drug-likeness (QED) is 0.751. The predicted molar refractivity (Wildman–Crippen MR) is 50.2 cm³/mol. The minimum atomic E-state index is 0.627. The van der Waals surface area contributed by atoms with Gasteiger partial charge in [0.2, 0.25) is 5.95 Å². The molecule has 0 radical (unpaired) electrons. The maximum Gasteiger partial charge on any atom is 0.242 e. The lowest BCUT2D eigenvalue weighted by molar-refractivity contribution is 0.937. The summed E-state index contributed by atoms with van der Waals surface area (Å²) in [5.41, 5.74) is 0.828. The number of pyridine rings is 1. The van der Waals surface area contributed by atoms with Gasteiger partial charge in [-0.3, -0.25) is 0 Å². The monoisotopic (exact) mass is 226 g/mol. The summed E-state index contributed by atoms with van der Waals surface area (Å²) in [6.07, 6.45) is 0. The number of nitrogens with one attached hydrogen (secondary N) is 1. The maximum absolute atomic E-state index is 4.20. The minimum Gasteiger partial charge on any atom is -0.356 e. The van der Waals surface area contributed by atoms with Crippen LogP contribution in [0, 0.1) is 0 Å².